The number of carbonyl (C=O) groups excluding carboxylic acids is 1. The van der Waals surface area contributed by atoms with Gasteiger partial charge in [0.1, 0.15) is 17.8 Å². The second-order valence-corrected chi connectivity index (χ2v) is 10.0. The Hall–Kier alpha value is -2.71. The topological polar surface area (TPSA) is 73.8 Å². The molecule has 3 aliphatic heterocycles. The van der Waals surface area contributed by atoms with Crippen molar-refractivity contribution in [3.63, 3.8) is 0 Å². The summed E-state index contributed by atoms with van der Waals surface area (Å²) in [5, 5.41) is 3.54. The van der Waals surface area contributed by atoms with Gasteiger partial charge in [0.25, 0.3) is 5.91 Å². The van der Waals surface area contributed by atoms with E-state index in [2.05, 4.69) is 55.4 Å². The van der Waals surface area contributed by atoms with Crippen LogP contribution in [0.5, 0.6) is 0 Å². The number of anilines is 2. The highest BCUT2D eigenvalue weighted by atomic mass is 16.5. The number of benzene rings is 1. The van der Waals surface area contributed by atoms with Gasteiger partial charge in [-0.1, -0.05) is 18.2 Å². The van der Waals surface area contributed by atoms with Gasteiger partial charge in [-0.25, -0.2) is 9.97 Å². The maximum atomic E-state index is 13.3. The lowest BCUT2D eigenvalue weighted by molar-refractivity contribution is 0.00152. The van der Waals surface area contributed by atoms with Crippen LogP contribution in [0.3, 0.4) is 0 Å². The van der Waals surface area contributed by atoms with Gasteiger partial charge >= 0.3 is 0 Å². The van der Waals surface area contributed by atoms with E-state index in [-0.39, 0.29) is 5.91 Å². The lowest BCUT2D eigenvalue weighted by Crippen LogP contribution is -2.50. The van der Waals surface area contributed by atoms with Crippen LogP contribution in [0.2, 0.25) is 0 Å². The molecule has 0 saturated carbocycles. The molecule has 4 heterocycles. The number of nitrogens with zero attached hydrogens (tertiary/aromatic N) is 5. The monoisotopic (exact) mass is 478 g/mol. The second kappa shape index (κ2) is 11.4. The molecule has 0 aliphatic carbocycles. The van der Waals surface area contributed by atoms with Crippen molar-refractivity contribution < 1.29 is 9.53 Å². The van der Waals surface area contributed by atoms with Crippen LogP contribution in [0.4, 0.5) is 11.5 Å². The molecule has 0 radical (unpaired) electrons. The molecule has 5 rings (SSSR count). The maximum Gasteiger partial charge on any atom is 0.272 e. The third-order valence-corrected chi connectivity index (χ3v) is 7.80. The average molecular weight is 479 g/mol. The predicted molar refractivity (Wildman–Crippen MR) is 138 cm³/mol. The molecule has 1 N–H and O–H groups in total. The summed E-state index contributed by atoms with van der Waals surface area (Å²) in [7, 11) is 0. The molecular weight excluding hydrogens is 440 g/mol. The molecule has 1 unspecified atom stereocenters. The van der Waals surface area contributed by atoms with Crippen LogP contribution in [-0.2, 0) is 4.74 Å². The van der Waals surface area contributed by atoms with E-state index >= 15 is 0 Å². The molecule has 0 bridgehead atoms. The van der Waals surface area contributed by atoms with Crippen molar-refractivity contribution in [3.05, 3.63) is 47.9 Å². The molecule has 3 aliphatic rings. The Labute approximate surface area is 208 Å². The molecule has 1 aromatic carbocycles. The number of hydrogen-bond donors (Lipinski definition) is 1. The molecule has 3 fully saturated rings. The standard InChI is InChI=1S/C27H38N6O2/c1-21-25(27(34)32-12-9-24(10-13-32)31-14-16-35-17-15-31)29-20-30-26(21)28-18-22-6-5-11-33(19-22)23-7-3-2-4-8-23/h2-4,7-8,20,22,24H,5-6,9-19H2,1H3,(H,28,29,30). The van der Waals surface area contributed by atoms with Crippen molar-refractivity contribution in [1.29, 1.82) is 0 Å². The highest BCUT2D eigenvalue weighted by molar-refractivity contribution is 5.94. The number of carbonyl (C=O) groups is 1. The number of ether oxygens (including phenoxy) is 1. The van der Waals surface area contributed by atoms with E-state index in [9.17, 15) is 4.79 Å². The van der Waals surface area contributed by atoms with Crippen LogP contribution in [0.15, 0.2) is 36.7 Å². The number of morpholine rings is 1. The fraction of sp³-hybridized carbons (Fsp3) is 0.593. The normalized spacial score (nSPS) is 22.3. The molecular formula is C27H38N6O2. The van der Waals surface area contributed by atoms with Crippen molar-refractivity contribution in [2.45, 2.75) is 38.6 Å². The number of piperidine rings is 2. The molecule has 188 valence electrons. The second-order valence-electron chi connectivity index (χ2n) is 10.0. The van der Waals surface area contributed by atoms with Crippen LogP contribution < -0.4 is 10.2 Å². The minimum atomic E-state index is 0.0290. The van der Waals surface area contributed by atoms with E-state index in [1.54, 1.807) is 0 Å². The summed E-state index contributed by atoms with van der Waals surface area (Å²) in [4.78, 5) is 29.2. The zero-order valence-electron chi connectivity index (χ0n) is 20.9. The first kappa shape index (κ1) is 24.0. The lowest BCUT2D eigenvalue weighted by atomic mass is 9.97. The molecule has 8 heteroatoms. The Balaban J connectivity index is 1.16. The van der Waals surface area contributed by atoms with Crippen LogP contribution in [0, 0.1) is 12.8 Å². The smallest absolute Gasteiger partial charge is 0.272 e. The first-order valence-corrected chi connectivity index (χ1v) is 13.2. The predicted octanol–water partition coefficient (Wildman–Crippen LogP) is 3.05. The molecule has 1 aromatic heterocycles. The summed E-state index contributed by atoms with van der Waals surface area (Å²) in [6, 6.07) is 11.2. The van der Waals surface area contributed by atoms with Gasteiger partial charge < -0.3 is 19.9 Å². The average Bonchev–Trinajstić information content (AvgIpc) is 2.93. The Morgan fingerprint density at radius 3 is 2.57 bits per heavy atom. The van der Waals surface area contributed by atoms with E-state index in [1.165, 1.54) is 24.9 Å². The van der Waals surface area contributed by atoms with E-state index in [4.69, 9.17) is 4.74 Å². The third-order valence-electron chi connectivity index (χ3n) is 7.80. The van der Waals surface area contributed by atoms with E-state index < -0.39 is 0 Å². The Morgan fingerprint density at radius 2 is 1.80 bits per heavy atom. The molecule has 3 saturated heterocycles. The highest BCUT2D eigenvalue weighted by Crippen LogP contribution is 2.25. The van der Waals surface area contributed by atoms with E-state index in [1.807, 2.05) is 11.8 Å². The number of hydrogen-bond acceptors (Lipinski definition) is 7. The van der Waals surface area contributed by atoms with Crippen molar-refractivity contribution in [3.8, 4) is 0 Å². The quantitative estimate of drug-likeness (QED) is 0.684. The zero-order valence-corrected chi connectivity index (χ0v) is 20.9. The fourth-order valence-corrected chi connectivity index (χ4v) is 5.72. The molecule has 8 nitrogen and oxygen atoms in total. The summed E-state index contributed by atoms with van der Waals surface area (Å²) in [5.74, 6) is 1.35. The SMILES string of the molecule is Cc1c(NCC2CCCN(c3ccccc3)C2)ncnc1C(=O)N1CCC(N2CCOCC2)CC1. The zero-order chi connectivity index (χ0) is 24.0. The van der Waals surface area contributed by atoms with Crippen molar-refractivity contribution in [2.24, 2.45) is 5.92 Å². The van der Waals surface area contributed by atoms with Crippen LogP contribution >= 0.6 is 0 Å². The Kier molecular flexibility index (Phi) is 7.79. The van der Waals surface area contributed by atoms with Crippen LogP contribution in [0.25, 0.3) is 0 Å². The summed E-state index contributed by atoms with van der Waals surface area (Å²) < 4.78 is 5.49. The van der Waals surface area contributed by atoms with E-state index in [0.29, 0.717) is 17.7 Å². The maximum absolute atomic E-state index is 13.3. The van der Waals surface area contributed by atoms with E-state index in [0.717, 1.165) is 83.3 Å². The van der Waals surface area contributed by atoms with Gasteiger partial charge in [-0.2, -0.15) is 0 Å². The number of nitrogens with one attached hydrogen (secondary N) is 1. The largest absolute Gasteiger partial charge is 0.379 e. The minimum absolute atomic E-state index is 0.0290. The fourth-order valence-electron chi connectivity index (χ4n) is 5.72. The van der Waals surface area contributed by atoms with Gasteiger partial charge in [0, 0.05) is 63.1 Å². The summed E-state index contributed by atoms with van der Waals surface area (Å²) in [6.07, 6.45) is 5.94. The number of amides is 1. The number of aromatic nitrogens is 2. The summed E-state index contributed by atoms with van der Waals surface area (Å²) >= 11 is 0. The molecule has 2 aromatic rings. The Morgan fingerprint density at radius 1 is 1.03 bits per heavy atom. The number of rotatable bonds is 6. The summed E-state index contributed by atoms with van der Waals surface area (Å²) in [6.45, 7) is 10.2. The first-order valence-electron chi connectivity index (χ1n) is 13.2. The number of para-hydroxylation sites is 1. The molecule has 0 spiro atoms. The van der Waals surface area contributed by atoms with Gasteiger partial charge in [0.2, 0.25) is 0 Å². The molecule has 35 heavy (non-hydrogen) atoms. The van der Waals surface area contributed by atoms with Crippen LogP contribution in [-0.4, -0.2) is 90.7 Å². The van der Waals surface area contributed by atoms with Crippen molar-refractivity contribution in [2.75, 3.05) is 69.2 Å². The van der Waals surface area contributed by atoms with Gasteiger partial charge in [0.15, 0.2) is 0 Å². The molecule has 1 atom stereocenters. The minimum Gasteiger partial charge on any atom is -0.379 e. The van der Waals surface area contributed by atoms with Gasteiger partial charge in [-0.05, 0) is 50.7 Å². The van der Waals surface area contributed by atoms with Crippen molar-refractivity contribution in [1.82, 2.24) is 19.8 Å². The highest BCUT2D eigenvalue weighted by Gasteiger charge is 2.30. The number of likely N-dealkylation sites (tertiary alicyclic amines) is 1. The van der Waals surface area contributed by atoms with Crippen LogP contribution in [0.1, 0.15) is 41.7 Å². The third kappa shape index (κ3) is 5.76. The van der Waals surface area contributed by atoms with Gasteiger partial charge in [-0.15, -0.1) is 0 Å². The lowest BCUT2D eigenvalue weighted by Gasteiger charge is -2.40. The Bertz CT molecular complexity index is 973. The van der Waals surface area contributed by atoms with Gasteiger partial charge in [0.05, 0.1) is 13.2 Å². The first-order chi connectivity index (χ1) is 17.2. The van der Waals surface area contributed by atoms with Crippen molar-refractivity contribution >= 4 is 17.4 Å². The molecule has 1 amide bonds. The summed E-state index contributed by atoms with van der Waals surface area (Å²) in [5.41, 5.74) is 2.67. The van der Waals surface area contributed by atoms with Gasteiger partial charge in [-0.3, -0.25) is 9.69 Å².